The van der Waals surface area contributed by atoms with Gasteiger partial charge in [-0.15, -0.1) is 0 Å². The van der Waals surface area contributed by atoms with E-state index in [-0.39, 0.29) is 11.7 Å². The highest BCUT2D eigenvalue weighted by Crippen LogP contribution is 2.41. The maximum Gasteiger partial charge on any atom is 0.233 e. The fraction of sp³-hybridized carbons (Fsp3) is 0.857. The van der Waals surface area contributed by atoms with E-state index in [1.54, 1.807) is 0 Å². The zero-order chi connectivity index (χ0) is 14.6. The third kappa shape index (κ3) is 2.90. The summed E-state index contributed by atoms with van der Waals surface area (Å²) in [5.41, 5.74) is 4.94. The van der Waals surface area contributed by atoms with Gasteiger partial charge in [-0.25, -0.2) is 0 Å². The number of piperidine rings is 1. The van der Waals surface area contributed by atoms with Gasteiger partial charge in [0.1, 0.15) is 5.41 Å². The summed E-state index contributed by atoms with van der Waals surface area (Å²) in [4.78, 5) is 14.8. The summed E-state index contributed by atoms with van der Waals surface area (Å²) < 4.78 is 0. The third-order valence-corrected chi connectivity index (χ3v) is 4.95. The zero-order valence-corrected chi connectivity index (χ0v) is 12.3. The molecule has 2 fully saturated rings. The molecule has 1 amide bonds. The number of amidine groups is 1. The van der Waals surface area contributed by atoms with Gasteiger partial charge in [0.25, 0.3) is 0 Å². The zero-order valence-electron chi connectivity index (χ0n) is 12.3. The maximum absolute atomic E-state index is 12.3. The van der Waals surface area contributed by atoms with Gasteiger partial charge in [-0.1, -0.05) is 18.5 Å². The number of amides is 1. The quantitative estimate of drug-likeness (QED) is 0.300. The van der Waals surface area contributed by atoms with Crippen LogP contribution in [0.1, 0.15) is 39.0 Å². The van der Waals surface area contributed by atoms with E-state index < -0.39 is 5.41 Å². The van der Waals surface area contributed by atoms with Gasteiger partial charge in [-0.2, -0.15) is 0 Å². The van der Waals surface area contributed by atoms with Crippen LogP contribution in [0.25, 0.3) is 0 Å². The first-order valence-corrected chi connectivity index (χ1v) is 7.61. The minimum Gasteiger partial charge on any atom is -0.409 e. The number of nitrogens with two attached hydrogens (primary N) is 1. The average molecular weight is 282 g/mol. The second-order valence-corrected chi connectivity index (χ2v) is 6.01. The number of rotatable bonds is 5. The maximum atomic E-state index is 12.3. The largest absolute Gasteiger partial charge is 0.409 e. The first kappa shape index (κ1) is 15.1. The van der Waals surface area contributed by atoms with E-state index in [0.717, 1.165) is 38.9 Å². The highest BCUT2D eigenvalue weighted by atomic mass is 16.4. The third-order valence-electron chi connectivity index (χ3n) is 4.95. The molecule has 1 saturated heterocycles. The normalized spacial score (nSPS) is 24.1. The first-order chi connectivity index (χ1) is 9.62. The summed E-state index contributed by atoms with van der Waals surface area (Å²) in [7, 11) is 0. The van der Waals surface area contributed by atoms with E-state index in [0.29, 0.717) is 25.3 Å². The number of likely N-dealkylation sites (tertiary alicyclic amines) is 1. The molecule has 114 valence electrons. The van der Waals surface area contributed by atoms with Crippen molar-refractivity contribution in [2.75, 3.05) is 26.2 Å². The molecule has 1 aliphatic carbocycles. The Bertz CT molecular complexity index is 371. The molecule has 0 radical (unpaired) electrons. The Balaban J connectivity index is 1.81. The van der Waals surface area contributed by atoms with Crippen molar-refractivity contribution in [3.8, 4) is 0 Å². The molecule has 1 saturated carbocycles. The Morgan fingerprint density at radius 1 is 1.45 bits per heavy atom. The summed E-state index contributed by atoms with van der Waals surface area (Å²) in [5.74, 6) is 0.533. The number of carbonyl (C=O) groups is 1. The number of oxime groups is 1. The molecule has 2 aliphatic rings. The van der Waals surface area contributed by atoms with E-state index in [4.69, 9.17) is 10.9 Å². The number of carbonyl (C=O) groups excluding carboxylic acids is 1. The minimum atomic E-state index is -0.751. The molecule has 0 aromatic heterocycles. The predicted molar refractivity (Wildman–Crippen MR) is 77.5 cm³/mol. The topological polar surface area (TPSA) is 91.0 Å². The van der Waals surface area contributed by atoms with Crippen LogP contribution in [-0.2, 0) is 4.79 Å². The van der Waals surface area contributed by atoms with Gasteiger partial charge in [0, 0.05) is 6.54 Å². The van der Waals surface area contributed by atoms with Crippen LogP contribution in [-0.4, -0.2) is 48.0 Å². The Morgan fingerprint density at radius 2 is 2.10 bits per heavy atom. The lowest BCUT2D eigenvalue weighted by Crippen LogP contribution is -2.54. The van der Waals surface area contributed by atoms with Crippen molar-refractivity contribution in [1.29, 1.82) is 0 Å². The van der Waals surface area contributed by atoms with Crippen molar-refractivity contribution in [1.82, 2.24) is 10.2 Å². The highest BCUT2D eigenvalue weighted by molar-refractivity contribution is 6.07. The molecular weight excluding hydrogens is 256 g/mol. The first-order valence-electron chi connectivity index (χ1n) is 7.61. The van der Waals surface area contributed by atoms with Gasteiger partial charge in [-0.05, 0) is 51.2 Å². The SMILES string of the molecule is CCN1CCC(CNC(=O)C2(C(N)=NO)CCC2)CC1. The number of nitrogens with one attached hydrogen (secondary N) is 1. The molecule has 0 spiro atoms. The van der Waals surface area contributed by atoms with Crippen LogP contribution in [0.4, 0.5) is 0 Å². The Morgan fingerprint density at radius 3 is 2.55 bits per heavy atom. The van der Waals surface area contributed by atoms with E-state index in [9.17, 15) is 4.79 Å². The molecular formula is C14H26N4O2. The van der Waals surface area contributed by atoms with Crippen molar-refractivity contribution in [2.24, 2.45) is 22.2 Å². The number of hydrogen-bond donors (Lipinski definition) is 3. The van der Waals surface area contributed by atoms with Gasteiger partial charge in [0.15, 0.2) is 5.84 Å². The second-order valence-electron chi connectivity index (χ2n) is 6.01. The summed E-state index contributed by atoms with van der Waals surface area (Å²) in [6, 6.07) is 0. The second kappa shape index (κ2) is 6.43. The molecule has 20 heavy (non-hydrogen) atoms. The lowest BCUT2D eigenvalue weighted by Gasteiger charge is -2.39. The van der Waals surface area contributed by atoms with Crippen LogP contribution in [0.2, 0.25) is 0 Å². The summed E-state index contributed by atoms with van der Waals surface area (Å²) >= 11 is 0. The van der Waals surface area contributed by atoms with Crippen LogP contribution in [0.3, 0.4) is 0 Å². The Kier molecular flexibility index (Phi) is 4.86. The lowest BCUT2D eigenvalue weighted by molar-refractivity contribution is -0.131. The van der Waals surface area contributed by atoms with Gasteiger partial charge in [0.2, 0.25) is 5.91 Å². The molecule has 1 heterocycles. The van der Waals surface area contributed by atoms with Gasteiger partial charge in [0.05, 0.1) is 0 Å². The fourth-order valence-electron chi connectivity index (χ4n) is 3.14. The molecule has 2 rings (SSSR count). The lowest BCUT2D eigenvalue weighted by atomic mass is 9.67. The van der Waals surface area contributed by atoms with Crippen molar-refractivity contribution < 1.29 is 10.0 Å². The molecule has 1 aliphatic heterocycles. The van der Waals surface area contributed by atoms with Crippen molar-refractivity contribution >= 4 is 11.7 Å². The molecule has 0 aromatic carbocycles. The fourth-order valence-corrected chi connectivity index (χ4v) is 3.14. The Labute approximate surface area is 120 Å². The van der Waals surface area contributed by atoms with E-state index in [1.165, 1.54) is 0 Å². The van der Waals surface area contributed by atoms with Gasteiger partial charge < -0.3 is 21.2 Å². The Hall–Kier alpha value is -1.30. The summed E-state index contributed by atoms with van der Waals surface area (Å²) in [6.45, 7) is 6.22. The highest BCUT2D eigenvalue weighted by Gasteiger charge is 2.48. The van der Waals surface area contributed by atoms with Crippen LogP contribution < -0.4 is 11.1 Å². The van der Waals surface area contributed by atoms with E-state index in [2.05, 4.69) is 22.3 Å². The predicted octanol–water partition coefficient (Wildman–Crippen LogP) is 0.751. The smallest absolute Gasteiger partial charge is 0.233 e. The number of nitrogens with zero attached hydrogens (tertiary/aromatic N) is 2. The summed E-state index contributed by atoms with van der Waals surface area (Å²) in [5, 5.41) is 14.9. The van der Waals surface area contributed by atoms with Crippen LogP contribution in [0.15, 0.2) is 5.16 Å². The summed E-state index contributed by atoms with van der Waals surface area (Å²) in [6.07, 6.45) is 4.58. The van der Waals surface area contributed by atoms with Crippen LogP contribution in [0, 0.1) is 11.3 Å². The molecule has 6 nitrogen and oxygen atoms in total. The average Bonchev–Trinajstić information content (AvgIpc) is 2.44. The standard InChI is InChI=1S/C14H26N4O2/c1-2-18-8-4-11(5-9-18)10-16-13(19)14(6-3-7-14)12(15)17-20/h11,20H,2-10H2,1H3,(H2,15,17)(H,16,19). The molecule has 6 heteroatoms. The van der Waals surface area contributed by atoms with Crippen molar-refractivity contribution in [3.63, 3.8) is 0 Å². The van der Waals surface area contributed by atoms with Gasteiger partial charge >= 0.3 is 0 Å². The van der Waals surface area contributed by atoms with Crippen molar-refractivity contribution in [2.45, 2.75) is 39.0 Å². The molecule has 0 unspecified atom stereocenters. The van der Waals surface area contributed by atoms with E-state index >= 15 is 0 Å². The van der Waals surface area contributed by atoms with Crippen LogP contribution in [0.5, 0.6) is 0 Å². The van der Waals surface area contributed by atoms with Crippen LogP contribution >= 0.6 is 0 Å². The minimum absolute atomic E-state index is 0.0575. The van der Waals surface area contributed by atoms with Crippen molar-refractivity contribution in [3.05, 3.63) is 0 Å². The molecule has 4 N–H and O–H groups in total. The monoisotopic (exact) mass is 282 g/mol. The van der Waals surface area contributed by atoms with E-state index in [1.807, 2.05) is 0 Å². The molecule has 0 atom stereocenters. The molecule has 0 bridgehead atoms. The molecule has 0 aromatic rings. The van der Waals surface area contributed by atoms with Gasteiger partial charge in [-0.3, -0.25) is 4.79 Å². The number of hydrogen-bond acceptors (Lipinski definition) is 4.